The highest BCUT2D eigenvalue weighted by molar-refractivity contribution is 6.12. The fraction of sp³-hybridized carbons (Fsp3) is 0.370. The number of ether oxygens (including phenoxy) is 1. The van der Waals surface area contributed by atoms with Gasteiger partial charge in [0, 0.05) is 22.2 Å². The Hall–Kier alpha value is -4.21. The standard InChI is InChI=1S/C27H32N4O6/c1-16(30(6)26(36)37-27(3,4)5)23(33)29-21-15-31(22-10-8-7-9-20(22)28-24(21)34)25(35)19-13-11-18(12-14-19)17(2)32/h7-14,16,21H,15H2,1-6H3,(H,28,34)(H,29,33)/t16-,21-/m0/s1/i6D3. The van der Waals surface area contributed by atoms with E-state index in [0.717, 1.165) is 0 Å². The van der Waals surface area contributed by atoms with Gasteiger partial charge in [-0.05, 0) is 58.9 Å². The van der Waals surface area contributed by atoms with Gasteiger partial charge in [-0.15, -0.1) is 0 Å². The third-order valence-corrected chi connectivity index (χ3v) is 5.59. The third-order valence-electron chi connectivity index (χ3n) is 5.59. The van der Waals surface area contributed by atoms with E-state index in [4.69, 9.17) is 8.85 Å². The molecule has 10 nitrogen and oxygen atoms in total. The van der Waals surface area contributed by atoms with Gasteiger partial charge in [0.2, 0.25) is 11.8 Å². The maximum Gasteiger partial charge on any atom is 0.410 e. The number of benzene rings is 2. The number of hydrogen-bond acceptors (Lipinski definition) is 6. The van der Waals surface area contributed by atoms with Crippen molar-refractivity contribution in [1.29, 1.82) is 0 Å². The number of ketones is 1. The number of likely N-dealkylation sites (N-methyl/N-ethyl adjacent to an activating group) is 1. The highest BCUT2D eigenvalue weighted by atomic mass is 16.6. The predicted octanol–water partition coefficient (Wildman–Crippen LogP) is 3.23. The largest absolute Gasteiger partial charge is 0.444 e. The predicted molar refractivity (Wildman–Crippen MR) is 139 cm³/mol. The molecule has 2 N–H and O–H groups in total. The topological polar surface area (TPSA) is 125 Å². The summed E-state index contributed by atoms with van der Waals surface area (Å²) < 4.78 is 28.5. The molecule has 1 heterocycles. The van der Waals surface area contributed by atoms with Crippen molar-refractivity contribution in [2.24, 2.45) is 0 Å². The summed E-state index contributed by atoms with van der Waals surface area (Å²) in [4.78, 5) is 65.9. The van der Waals surface area contributed by atoms with Gasteiger partial charge < -0.3 is 20.3 Å². The van der Waals surface area contributed by atoms with Gasteiger partial charge >= 0.3 is 6.09 Å². The Kier molecular flexibility index (Phi) is 6.78. The summed E-state index contributed by atoms with van der Waals surface area (Å²) in [6.07, 6.45) is -1.22. The van der Waals surface area contributed by atoms with Crippen LogP contribution in [-0.4, -0.2) is 65.7 Å². The molecule has 2 aromatic rings. The van der Waals surface area contributed by atoms with Crippen molar-refractivity contribution in [3.63, 3.8) is 0 Å². The van der Waals surface area contributed by atoms with Gasteiger partial charge in [-0.3, -0.25) is 24.1 Å². The van der Waals surface area contributed by atoms with Gasteiger partial charge in [0.25, 0.3) is 5.91 Å². The maximum atomic E-state index is 13.6. The maximum absolute atomic E-state index is 13.6. The van der Waals surface area contributed by atoms with E-state index in [1.807, 2.05) is 0 Å². The summed E-state index contributed by atoms with van der Waals surface area (Å²) in [7, 11) is 0. The van der Waals surface area contributed by atoms with E-state index < -0.39 is 48.5 Å². The number of carbonyl (C=O) groups is 5. The zero-order chi connectivity index (χ0) is 30.0. The van der Waals surface area contributed by atoms with Crippen molar-refractivity contribution in [2.75, 3.05) is 23.7 Å². The van der Waals surface area contributed by atoms with Crippen LogP contribution < -0.4 is 15.5 Å². The average molecular weight is 512 g/mol. The molecule has 37 heavy (non-hydrogen) atoms. The zero-order valence-corrected chi connectivity index (χ0v) is 21.3. The molecular formula is C27H32N4O6. The van der Waals surface area contributed by atoms with E-state index in [1.165, 1.54) is 43.0 Å². The van der Waals surface area contributed by atoms with Crippen LogP contribution in [0.5, 0.6) is 0 Å². The second-order valence-corrected chi connectivity index (χ2v) is 9.64. The first kappa shape index (κ1) is 23.2. The quantitative estimate of drug-likeness (QED) is 0.594. The van der Waals surface area contributed by atoms with Crippen molar-refractivity contribution in [1.82, 2.24) is 10.2 Å². The van der Waals surface area contributed by atoms with Gasteiger partial charge in [-0.25, -0.2) is 4.79 Å². The molecule has 10 heteroatoms. The molecule has 0 aromatic heterocycles. The van der Waals surface area contributed by atoms with Crippen LogP contribution in [0.3, 0.4) is 0 Å². The number of carbonyl (C=O) groups excluding carboxylic acids is 5. The summed E-state index contributed by atoms with van der Waals surface area (Å²) in [6, 6.07) is 9.73. The summed E-state index contributed by atoms with van der Waals surface area (Å²) in [5.74, 6) is -2.24. The Morgan fingerprint density at radius 1 is 1.11 bits per heavy atom. The molecule has 4 amide bonds. The number of nitrogens with zero attached hydrogens (tertiary/aromatic N) is 2. The van der Waals surface area contributed by atoms with Crippen molar-refractivity contribution < 1.29 is 32.8 Å². The lowest BCUT2D eigenvalue weighted by molar-refractivity contribution is -0.129. The van der Waals surface area contributed by atoms with Gasteiger partial charge in [-0.1, -0.05) is 24.3 Å². The van der Waals surface area contributed by atoms with E-state index in [2.05, 4.69) is 10.6 Å². The smallest absolute Gasteiger partial charge is 0.410 e. The fourth-order valence-electron chi connectivity index (χ4n) is 3.58. The number of rotatable bonds is 5. The van der Waals surface area contributed by atoms with Crippen LogP contribution in [0, 0.1) is 0 Å². The van der Waals surface area contributed by atoms with Gasteiger partial charge in [0.15, 0.2) is 5.78 Å². The number of Topliss-reactive ketones (excluding diaryl/α,β-unsaturated/α-hetero) is 1. The molecule has 0 radical (unpaired) electrons. The van der Waals surface area contributed by atoms with Crippen LogP contribution in [0.25, 0.3) is 0 Å². The van der Waals surface area contributed by atoms with Gasteiger partial charge in [-0.2, -0.15) is 0 Å². The van der Waals surface area contributed by atoms with Crippen LogP contribution in [0.1, 0.15) is 59.4 Å². The summed E-state index contributed by atoms with van der Waals surface area (Å²) in [6.45, 7) is 3.96. The van der Waals surface area contributed by atoms with E-state index in [1.54, 1.807) is 45.0 Å². The Morgan fingerprint density at radius 3 is 2.32 bits per heavy atom. The van der Waals surface area contributed by atoms with Crippen LogP contribution in [0.2, 0.25) is 0 Å². The molecule has 3 rings (SSSR count). The Morgan fingerprint density at radius 2 is 1.73 bits per heavy atom. The normalized spacial score (nSPS) is 17.5. The van der Waals surface area contributed by atoms with Crippen LogP contribution >= 0.6 is 0 Å². The minimum atomic E-state index is -3.02. The lowest BCUT2D eigenvalue weighted by Crippen LogP contribution is -2.55. The zero-order valence-electron chi connectivity index (χ0n) is 24.3. The fourth-order valence-corrected chi connectivity index (χ4v) is 3.58. The summed E-state index contributed by atoms with van der Waals surface area (Å²) >= 11 is 0. The molecular weight excluding hydrogens is 476 g/mol. The Balaban J connectivity index is 1.90. The third kappa shape index (κ3) is 6.52. The molecule has 196 valence electrons. The molecule has 0 bridgehead atoms. The number of para-hydroxylation sites is 2. The van der Waals surface area contributed by atoms with E-state index in [-0.39, 0.29) is 17.9 Å². The summed E-state index contributed by atoms with van der Waals surface area (Å²) in [5, 5.41) is 5.17. The van der Waals surface area contributed by atoms with Crippen molar-refractivity contribution in [2.45, 2.75) is 52.3 Å². The van der Waals surface area contributed by atoms with Crippen LogP contribution in [0.15, 0.2) is 48.5 Å². The number of nitrogens with one attached hydrogen (secondary N) is 2. The van der Waals surface area contributed by atoms with E-state index in [0.29, 0.717) is 21.8 Å². The monoisotopic (exact) mass is 511 g/mol. The Labute approximate surface area is 220 Å². The molecule has 0 saturated carbocycles. The minimum absolute atomic E-state index is 0.164. The van der Waals surface area contributed by atoms with Crippen molar-refractivity contribution >= 4 is 41.0 Å². The Bertz CT molecular complexity index is 1320. The molecule has 2 atom stereocenters. The first-order valence-corrected chi connectivity index (χ1v) is 11.6. The van der Waals surface area contributed by atoms with Crippen molar-refractivity contribution in [3.8, 4) is 0 Å². The van der Waals surface area contributed by atoms with Gasteiger partial charge in [0.1, 0.15) is 17.7 Å². The molecule has 0 saturated heterocycles. The second kappa shape index (κ2) is 10.8. The lowest BCUT2D eigenvalue weighted by atomic mass is 10.1. The molecule has 0 aliphatic carbocycles. The summed E-state index contributed by atoms with van der Waals surface area (Å²) in [5.41, 5.74) is 0.342. The number of fused-ring (bicyclic) bond motifs is 1. The highest BCUT2D eigenvalue weighted by Crippen LogP contribution is 2.30. The number of amides is 4. The molecule has 1 aliphatic rings. The molecule has 0 fully saturated rings. The highest BCUT2D eigenvalue weighted by Gasteiger charge is 2.35. The average Bonchev–Trinajstić information content (AvgIpc) is 2.97. The molecule has 0 spiro atoms. The SMILES string of the molecule is [2H]C([2H])([2H])N(C(=O)OC(C)(C)C)[C@@H](C)C(=O)N[C@H]1CN(C(=O)c2ccc(C(C)=O)cc2)c2ccccc2NC1=O. The van der Waals surface area contributed by atoms with E-state index in [9.17, 15) is 24.0 Å². The number of hydrogen-bond donors (Lipinski definition) is 2. The lowest BCUT2D eigenvalue weighted by Gasteiger charge is -2.29. The minimum Gasteiger partial charge on any atom is -0.444 e. The molecule has 1 aliphatic heterocycles. The molecule has 2 aromatic carbocycles. The first-order chi connectivity index (χ1) is 18.5. The number of anilines is 2. The van der Waals surface area contributed by atoms with Gasteiger partial charge in [0.05, 0.1) is 17.9 Å². The van der Waals surface area contributed by atoms with Crippen LogP contribution in [0.4, 0.5) is 16.2 Å². The van der Waals surface area contributed by atoms with E-state index >= 15 is 0 Å². The molecule has 0 unspecified atom stereocenters. The second-order valence-electron chi connectivity index (χ2n) is 9.64. The van der Waals surface area contributed by atoms with Crippen molar-refractivity contribution in [3.05, 3.63) is 59.7 Å². The first-order valence-electron chi connectivity index (χ1n) is 13.1. The van der Waals surface area contributed by atoms with Crippen LogP contribution in [-0.2, 0) is 14.3 Å².